The Morgan fingerprint density at radius 3 is 0.839 bits per heavy atom. The molecule has 0 saturated heterocycles. The summed E-state index contributed by atoms with van der Waals surface area (Å²) in [6.45, 7) is 13.8. The second kappa shape index (κ2) is 47.4. The van der Waals surface area contributed by atoms with Gasteiger partial charge in [-0.05, 0) is 37.0 Å². The third kappa shape index (κ3) is 47.9. The number of carbonyl (C=O) groups is 3. The molecule has 0 N–H and O–H groups in total. The van der Waals surface area contributed by atoms with Gasteiger partial charge in [-0.1, -0.05) is 266 Å². The van der Waals surface area contributed by atoms with E-state index in [-0.39, 0.29) is 31.1 Å². The van der Waals surface area contributed by atoms with Crippen molar-refractivity contribution >= 4 is 17.9 Å². The van der Waals surface area contributed by atoms with Crippen molar-refractivity contribution in [2.24, 2.45) is 17.8 Å². The molecule has 6 heteroatoms. The second-order valence-corrected chi connectivity index (χ2v) is 20.4. The maximum atomic E-state index is 12.8. The zero-order chi connectivity index (χ0) is 45.6. The van der Waals surface area contributed by atoms with Crippen LogP contribution in [0.2, 0.25) is 0 Å². The molecule has 0 saturated carbocycles. The van der Waals surface area contributed by atoms with E-state index < -0.39 is 6.10 Å². The Morgan fingerprint density at radius 1 is 0.323 bits per heavy atom. The Morgan fingerprint density at radius 2 is 0.565 bits per heavy atom. The van der Waals surface area contributed by atoms with Crippen molar-refractivity contribution in [3.05, 3.63) is 0 Å². The number of esters is 3. The average Bonchev–Trinajstić information content (AvgIpc) is 3.24. The topological polar surface area (TPSA) is 78.9 Å². The second-order valence-electron chi connectivity index (χ2n) is 20.4. The molecule has 0 spiro atoms. The maximum absolute atomic E-state index is 12.8. The molecular formula is C56H108O6. The van der Waals surface area contributed by atoms with Gasteiger partial charge in [0.2, 0.25) is 0 Å². The van der Waals surface area contributed by atoms with Gasteiger partial charge in [-0.3, -0.25) is 14.4 Å². The third-order valence-electron chi connectivity index (χ3n) is 13.0. The summed E-state index contributed by atoms with van der Waals surface area (Å²) < 4.78 is 16.9. The minimum Gasteiger partial charge on any atom is -0.462 e. The van der Waals surface area contributed by atoms with Crippen LogP contribution in [0.25, 0.3) is 0 Å². The summed E-state index contributed by atoms with van der Waals surface area (Å²) in [7, 11) is 0. The fourth-order valence-corrected chi connectivity index (χ4v) is 8.44. The molecule has 1 unspecified atom stereocenters. The van der Waals surface area contributed by atoms with Crippen molar-refractivity contribution in [2.75, 3.05) is 13.2 Å². The van der Waals surface area contributed by atoms with E-state index in [9.17, 15) is 14.4 Å². The van der Waals surface area contributed by atoms with Gasteiger partial charge in [0.05, 0.1) is 0 Å². The van der Waals surface area contributed by atoms with Crippen molar-refractivity contribution in [2.45, 2.75) is 311 Å². The highest BCUT2D eigenvalue weighted by Crippen LogP contribution is 2.18. The van der Waals surface area contributed by atoms with Crippen molar-refractivity contribution in [3.63, 3.8) is 0 Å². The van der Waals surface area contributed by atoms with E-state index in [2.05, 4.69) is 41.5 Å². The highest BCUT2D eigenvalue weighted by atomic mass is 16.6. The summed E-state index contributed by atoms with van der Waals surface area (Å²) in [6.07, 6.45) is 48.0. The first kappa shape index (κ1) is 60.4. The average molecular weight is 877 g/mol. The predicted octanol–water partition coefficient (Wildman–Crippen LogP) is 17.9. The SMILES string of the molecule is CCC(C)CCCCCCCCCCC(=O)OC[C@@H](COC(=O)CCCCCCCCCCCCCCC(C)C)OC(=O)CCCCCCCCCCCCCCCCC(C)C. The van der Waals surface area contributed by atoms with Gasteiger partial charge in [0.15, 0.2) is 6.10 Å². The van der Waals surface area contributed by atoms with Gasteiger partial charge in [-0.2, -0.15) is 0 Å². The Labute approximate surface area is 387 Å². The Kier molecular flexibility index (Phi) is 46.2. The maximum Gasteiger partial charge on any atom is 0.306 e. The fraction of sp³-hybridized carbons (Fsp3) is 0.946. The predicted molar refractivity (Wildman–Crippen MR) is 266 cm³/mol. The van der Waals surface area contributed by atoms with E-state index in [1.807, 2.05) is 0 Å². The molecule has 0 aromatic carbocycles. The van der Waals surface area contributed by atoms with Crippen LogP contribution in [0.1, 0.15) is 305 Å². The minimum absolute atomic E-state index is 0.0643. The number of hydrogen-bond acceptors (Lipinski definition) is 6. The molecule has 0 bridgehead atoms. The molecule has 0 aliphatic rings. The van der Waals surface area contributed by atoms with Gasteiger partial charge >= 0.3 is 17.9 Å². The van der Waals surface area contributed by atoms with Gasteiger partial charge in [-0.25, -0.2) is 0 Å². The van der Waals surface area contributed by atoms with Crippen LogP contribution in [0, 0.1) is 17.8 Å². The lowest BCUT2D eigenvalue weighted by Crippen LogP contribution is -2.30. The Hall–Kier alpha value is -1.59. The van der Waals surface area contributed by atoms with Gasteiger partial charge < -0.3 is 14.2 Å². The third-order valence-corrected chi connectivity index (χ3v) is 13.0. The molecule has 0 heterocycles. The van der Waals surface area contributed by atoms with Crippen LogP contribution in [0.15, 0.2) is 0 Å². The molecule has 0 rings (SSSR count). The summed E-state index contributed by atoms with van der Waals surface area (Å²) in [5.41, 5.74) is 0. The monoisotopic (exact) mass is 877 g/mol. The van der Waals surface area contributed by atoms with Crippen LogP contribution in [-0.2, 0) is 28.6 Å². The van der Waals surface area contributed by atoms with Crippen molar-refractivity contribution < 1.29 is 28.6 Å². The van der Waals surface area contributed by atoms with Gasteiger partial charge in [0.25, 0.3) is 0 Å². The normalized spacial score (nSPS) is 12.6. The van der Waals surface area contributed by atoms with E-state index >= 15 is 0 Å². The standard InChI is InChI=1S/C56H108O6/c1-7-52(6)44-38-32-26-22-23-28-34-40-46-55(58)61-49-53(48-60-54(57)45-39-33-27-20-16-13-12-15-19-25-31-37-43-51(4)5)62-56(59)47-41-35-29-21-17-11-9-8-10-14-18-24-30-36-42-50(2)3/h50-53H,7-49H2,1-6H3/t52?,53-/m1/s1. The molecule has 2 atom stereocenters. The van der Waals surface area contributed by atoms with Crippen LogP contribution in [0.3, 0.4) is 0 Å². The van der Waals surface area contributed by atoms with Crippen LogP contribution >= 0.6 is 0 Å². The lowest BCUT2D eigenvalue weighted by atomic mass is 9.99. The number of ether oxygens (including phenoxy) is 3. The smallest absolute Gasteiger partial charge is 0.306 e. The Balaban J connectivity index is 4.31. The lowest BCUT2D eigenvalue weighted by molar-refractivity contribution is -0.167. The quantitative estimate of drug-likeness (QED) is 0.0344. The number of carbonyl (C=O) groups excluding carboxylic acids is 3. The zero-order valence-electron chi connectivity index (χ0n) is 42.7. The molecular weight excluding hydrogens is 769 g/mol. The van der Waals surface area contributed by atoms with E-state index in [1.54, 1.807) is 0 Å². The summed E-state index contributed by atoms with van der Waals surface area (Å²) in [5, 5.41) is 0. The first-order chi connectivity index (χ1) is 30.1. The van der Waals surface area contributed by atoms with Crippen LogP contribution in [0.4, 0.5) is 0 Å². The highest BCUT2D eigenvalue weighted by Gasteiger charge is 2.19. The van der Waals surface area contributed by atoms with E-state index in [1.165, 1.54) is 186 Å². The highest BCUT2D eigenvalue weighted by molar-refractivity contribution is 5.71. The molecule has 62 heavy (non-hydrogen) atoms. The van der Waals surface area contributed by atoms with E-state index in [4.69, 9.17) is 14.2 Å². The van der Waals surface area contributed by atoms with Crippen molar-refractivity contribution in [1.29, 1.82) is 0 Å². The number of hydrogen-bond donors (Lipinski definition) is 0. The molecule has 0 aliphatic heterocycles. The summed E-state index contributed by atoms with van der Waals surface area (Å²) in [5.74, 6) is 1.68. The van der Waals surface area contributed by atoms with E-state index in [0.29, 0.717) is 19.3 Å². The van der Waals surface area contributed by atoms with E-state index in [0.717, 1.165) is 75.5 Å². The Bertz CT molecular complexity index is 962. The van der Waals surface area contributed by atoms with Crippen molar-refractivity contribution in [1.82, 2.24) is 0 Å². The van der Waals surface area contributed by atoms with Crippen molar-refractivity contribution in [3.8, 4) is 0 Å². The van der Waals surface area contributed by atoms with Gasteiger partial charge in [0.1, 0.15) is 13.2 Å². The van der Waals surface area contributed by atoms with Gasteiger partial charge in [0, 0.05) is 19.3 Å². The minimum atomic E-state index is -0.763. The summed E-state index contributed by atoms with van der Waals surface area (Å²) in [6, 6.07) is 0. The number of rotatable bonds is 49. The molecule has 0 aromatic heterocycles. The van der Waals surface area contributed by atoms with Gasteiger partial charge in [-0.15, -0.1) is 0 Å². The fourth-order valence-electron chi connectivity index (χ4n) is 8.44. The largest absolute Gasteiger partial charge is 0.462 e. The molecule has 6 nitrogen and oxygen atoms in total. The number of unbranched alkanes of at least 4 members (excludes halogenated alkanes) is 31. The molecule has 0 aliphatic carbocycles. The van der Waals surface area contributed by atoms with Crippen LogP contribution < -0.4 is 0 Å². The molecule has 0 radical (unpaired) electrons. The lowest BCUT2D eigenvalue weighted by Gasteiger charge is -2.18. The zero-order valence-corrected chi connectivity index (χ0v) is 42.7. The van der Waals surface area contributed by atoms with Crippen LogP contribution in [-0.4, -0.2) is 37.2 Å². The molecule has 0 amide bonds. The summed E-state index contributed by atoms with van der Waals surface area (Å²) in [4.78, 5) is 38.1. The molecule has 368 valence electrons. The molecule has 0 aromatic rings. The first-order valence-corrected chi connectivity index (χ1v) is 27.6. The summed E-state index contributed by atoms with van der Waals surface area (Å²) >= 11 is 0. The van der Waals surface area contributed by atoms with Crippen LogP contribution in [0.5, 0.6) is 0 Å². The first-order valence-electron chi connectivity index (χ1n) is 27.6. The molecule has 0 fully saturated rings.